The monoisotopic (exact) mass is 253 g/mol. The fourth-order valence-corrected chi connectivity index (χ4v) is 1.78. The van der Waals surface area contributed by atoms with E-state index in [4.69, 9.17) is 14.6 Å². The summed E-state index contributed by atoms with van der Waals surface area (Å²) in [6, 6.07) is 4.28. The topological polar surface area (TPSA) is 101 Å². The van der Waals surface area contributed by atoms with Gasteiger partial charge in [0.2, 0.25) is 0 Å². The van der Waals surface area contributed by atoms with E-state index in [1.807, 2.05) is 0 Å². The molecule has 2 N–H and O–H groups in total. The van der Waals surface area contributed by atoms with Crippen LogP contribution in [0, 0.1) is 0 Å². The number of aromatic carboxylic acids is 1. The Balaban J connectivity index is 2.30. The minimum atomic E-state index is -1.05. The molecule has 0 unspecified atom stereocenters. The number of carboxylic acids is 2. The smallest absolute Gasteiger partial charge is 0.335 e. The summed E-state index contributed by atoms with van der Waals surface area (Å²) in [6.45, 7) is 0. The van der Waals surface area contributed by atoms with Gasteiger partial charge in [-0.25, -0.2) is 9.78 Å². The van der Waals surface area contributed by atoms with Crippen LogP contribution in [0.1, 0.15) is 10.4 Å². The third-order valence-electron chi connectivity index (χ3n) is 1.93. The number of aromatic nitrogens is 1. The van der Waals surface area contributed by atoms with Crippen molar-refractivity contribution in [2.75, 3.05) is 5.75 Å². The number of thioether (sulfide) groups is 1. The molecule has 2 aromatic rings. The molecule has 1 aromatic heterocycles. The Morgan fingerprint density at radius 2 is 2.12 bits per heavy atom. The van der Waals surface area contributed by atoms with Gasteiger partial charge in [-0.15, -0.1) is 0 Å². The highest BCUT2D eigenvalue weighted by atomic mass is 32.2. The molecule has 17 heavy (non-hydrogen) atoms. The summed E-state index contributed by atoms with van der Waals surface area (Å²) in [4.78, 5) is 25.1. The van der Waals surface area contributed by atoms with Crippen molar-refractivity contribution in [3.05, 3.63) is 23.8 Å². The zero-order valence-electron chi connectivity index (χ0n) is 8.41. The molecule has 0 spiro atoms. The first kappa shape index (κ1) is 11.5. The second-order valence-electron chi connectivity index (χ2n) is 3.15. The lowest BCUT2D eigenvalue weighted by Gasteiger charge is -1.91. The predicted octanol–water partition coefficient (Wildman–Crippen LogP) is 1.70. The van der Waals surface area contributed by atoms with Crippen LogP contribution in [0.2, 0.25) is 0 Å². The number of aliphatic carboxylic acids is 1. The molecule has 1 aromatic carbocycles. The molecule has 0 radical (unpaired) electrons. The van der Waals surface area contributed by atoms with E-state index in [2.05, 4.69) is 4.98 Å². The van der Waals surface area contributed by atoms with Crippen LogP contribution in [-0.4, -0.2) is 32.9 Å². The van der Waals surface area contributed by atoms with Crippen molar-refractivity contribution in [3.8, 4) is 0 Å². The molecular weight excluding hydrogens is 246 g/mol. The Labute approximate surface area is 99.3 Å². The van der Waals surface area contributed by atoms with Gasteiger partial charge in [-0.2, -0.15) is 0 Å². The molecule has 6 nitrogen and oxygen atoms in total. The lowest BCUT2D eigenvalue weighted by molar-refractivity contribution is -0.133. The second kappa shape index (κ2) is 4.46. The van der Waals surface area contributed by atoms with E-state index in [9.17, 15) is 9.59 Å². The molecule has 0 bridgehead atoms. The Morgan fingerprint density at radius 3 is 2.76 bits per heavy atom. The first-order chi connectivity index (χ1) is 8.06. The van der Waals surface area contributed by atoms with Crippen molar-refractivity contribution in [3.63, 3.8) is 0 Å². The summed E-state index contributed by atoms with van der Waals surface area (Å²) in [5.74, 6) is -2.17. The zero-order valence-corrected chi connectivity index (χ0v) is 9.23. The minimum Gasteiger partial charge on any atom is -0.481 e. The normalized spacial score (nSPS) is 10.6. The quantitative estimate of drug-likeness (QED) is 0.799. The Hall–Kier alpha value is -2.02. The Bertz CT molecular complexity index is 591. The van der Waals surface area contributed by atoms with Crippen LogP contribution >= 0.6 is 11.8 Å². The summed E-state index contributed by atoms with van der Waals surface area (Å²) < 4.78 is 5.25. The Kier molecular flexibility index (Phi) is 3.01. The maximum absolute atomic E-state index is 10.7. The lowest BCUT2D eigenvalue weighted by atomic mass is 10.2. The summed E-state index contributed by atoms with van der Waals surface area (Å²) >= 11 is 0.944. The van der Waals surface area contributed by atoms with E-state index in [1.165, 1.54) is 18.2 Å². The van der Waals surface area contributed by atoms with Gasteiger partial charge < -0.3 is 14.6 Å². The van der Waals surface area contributed by atoms with E-state index in [0.717, 1.165) is 11.8 Å². The van der Waals surface area contributed by atoms with Gasteiger partial charge >= 0.3 is 11.9 Å². The molecule has 0 atom stereocenters. The fraction of sp³-hybridized carbons (Fsp3) is 0.100. The minimum absolute atomic E-state index is 0.112. The van der Waals surface area contributed by atoms with Gasteiger partial charge in [0, 0.05) is 0 Å². The van der Waals surface area contributed by atoms with Crippen LogP contribution < -0.4 is 0 Å². The molecular formula is C10H7NO5S. The van der Waals surface area contributed by atoms with E-state index in [1.54, 1.807) is 0 Å². The molecule has 0 saturated carbocycles. The molecule has 7 heteroatoms. The van der Waals surface area contributed by atoms with Gasteiger partial charge in [-0.05, 0) is 18.2 Å². The number of carbonyl (C=O) groups is 2. The van der Waals surface area contributed by atoms with Crippen LogP contribution in [0.15, 0.2) is 27.8 Å². The first-order valence-corrected chi connectivity index (χ1v) is 5.53. The number of hydrogen-bond donors (Lipinski definition) is 2. The highest BCUT2D eigenvalue weighted by molar-refractivity contribution is 7.99. The third kappa shape index (κ3) is 2.56. The highest BCUT2D eigenvalue weighted by Gasteiger charge is 2.11. The van der Waals surface area contributed by atoms with E-state index < -0.39 is 11.9 Å². The molecule has 2 rings (SSSR count). The molecule has 1 heterocycles. The van der Waals surface area contributed by atoms with Crippen molar-refractivity contribution in [2.24, 2.45) is 0 Å². The summed E-state index contributed by atoms with van der Waals surface area (Å²) in [7, 11) is 0. The third-order valence-corrected chi connectivity index (χ3v) is 2.75. The average Bonchev–Trinajstić information content (AvgIpc) is 2.67. The number of nitrogens with zero attached hydrogens (tertiary/aromatic N) is 1. The molecule has 88 valence electrons. The maximum atomic E-state index is 10.7. The van der Waals surface area contributed by atoms with Gasteiger partial charge in [-0.1, -0.05) is 11.8 Å². The summed E-state index contributed by atoms with van der Waals surface area (Å²) in [6.07, 6.45) is 0. The van der Waals surface area contributed by atoms with Crippen LogP contribution in [0.25, 0.3) is 11.1 Å². The number of hydrogen-bond acceptors (Lipinski definition) is 5. The van der Waals surface area contributed by atoms with Crippen molar-refractivity contribution >= 4 is 34.8 Å². The molecule has 0 fully saturated rings. The van der Waals surface area contributed by atoms with E-state index >= 15 is 0 Å². The second-order valence-corrected chi connectivity index (χ2v) is 4.08. The summed E-state index contributed by atoms with van der Waals surface area (Å²) in [5, 5.41) is 17.5. The van der Waals surface area contributed by atoms with E-state index in [0.29, 0.717) is 11.1 Å². The number of oxazole rings is 1. The average molecular weight is 253 g/mol. The van der Waals surface area contributed by atoms with Crippen molar-refractivity contribution < 1.29 is 24.2 Å². The van der Waals surface area contributed by atoms with Crippen LogP contribution in [0.4, 0.5) is 0 Å². The zero-order chi connectivity index (χ0) is 12.4. The highest BCUT2D eigenvalue weighted by Crippen LogP contribution is 2.24. The van der Waals surface area contributed by atoms with Crippen molar-refractivity contribution in [1.29, 1.82) is 0 Å². The predicted molar refractivity (Wildman–Crippen MR) is 59.3 cm³/mol. The van der Waals surface area contributed by atoms with Crippen LogP contribution in [0.3, 0.4) is 0 Å². The lowest BCUT2D eigenvalue weighted by Crippen LogP contribution is -1.97. The first-order valence-electron chi connectivity index (χ1n) is 4.55. The molecule has 0 amide bonds. The number of rotatable bonds is 4. The molecule has 0 aliphatic carbocycles. The molecule has 0 aliphatic heterocycles. The fourth-order valence-electron chi connectivity index (χ4n) is 1.22. The van der Waals surface area contributed by atoms with Crippen molar-refractivity contribution in [2.45, 2.75) is 5.22 Å². The van der Waals surface area contributed by atoms with Gasteiger partial charge in [0.15, 0.2) is 5.58 Å². The van der Waals surface area contributed by atoms with Gasteiger partial charge in [0.05, 0.1) is 5.56 Å². The number of carboxylic acid groups (broad SMARTS) is 2. The number of fused-ring (bicyclic) bond motifs is 1. The maximum Gasteiger partial charge on any atom is 0.335 e. The van der Waals surface area contributed by atoms with Crippen molar-refractivity contribution in [1.82, 2.24) is 4.98 Å². The van der Waals surface area contributed by atoms with E-state index in [-0.39, 0.29) is 16.5 Å². The van der Waals surface area contributed by atoms with Gasteiger partial charge in [0.25, 0.3) is 5.22 Å². The standard InChI is InChI=1S/C10H7NO5S/c12-8(13)4-17-10-11-6-3-5(9(14)15)1-2-7(6)16-10/h1-3H,4H2,(H,12,13)(H,14,15). The summed E-state index contributed by atoms with van der Waals surface area (Å²) in [5.41, 5.74) is 0.946. The Morgan fingerprint density at radius 1 is 1.35 bits per heavy atom. The largest absolute Gasteiger partial charge is 0.481 e. The number of benzene rings is 1. The van der Waals surface area contributed by atoms with Gasteiger partial charge in [-0.3, -0.25) is 4.79 Å². The SMILES string of the molecule is O=C(O)CSc1nc2cc(C(=O)O)ccc2o1. The van der Waals surface area contributed by atoms with Crippen LogP contribution in [0.5, 0.6) is 0 Å². The van der Waals surface area contributed by atoms with Crippen LogP contribution in [-0.2, 0) is 4.79 Å². The molecule has 0 saturated heterocycles. The van der Waals surface area contributed by atoms with Gasteiger partial charge in [0.1, 0.15) is 11.3 Å². The molecule has 0 aliphatic rings.